The number of fused-ring (bicyclic) bond motifs is 1. The van der Waals surface area contributed by atoms with Gasteiger partial charge < -0.3 is 9.64 Å². The summed E-state index contributed by atoms with van der Waals surface area (Å²) in [6.07, 6.45) is 0. The number of benzene rings is 1. The van der Waals surface area contributed by atoms with Crippen molar-refractivity contribution < 1.29 is 9.53 Å². The van der Waals surface area contributed by atoms with Crippen molar-refractivity contribution in [3.8, 4) is 5.75 Å². The number of rotatable bonds is 0. The number of ether oxygens (including phenoxy) is 1. The second-order valence-electron chi connectivity index (χ2n) is 3.45. The van der Waals surface area contributed by atoms with Crippen molar-refractivity contribution in [2.24, 2.45) is 0 Å². The molecule has 1 heterocycles. The first-order chi connectivity index (χ1) is 6.70. The van der Waals surface area contributed by atoms with Crippen LogP contribution in [0.5, 0.6) is 5.75 Å². The molecule has 0 unspecified atom stereocenters. The largest absolute Gasteiger partial charge is 0.446 e. The molecule has 0 aromatic heterocycles. The summed E-state index contributed by atoms with van der Waals surface area (Å²) in [5, 5.41) is 0. The van der Waals surface area contributed by atoms with Gasteiger partial charge in [-0.25, -0.2) is 4.79 Å². The Morgan fingerprint density at radius 2 is 2.29 bits per heavy atom. The zero-order valence-electron chi connectivity index (χ0n) is 8.20. The van der Waals surface area contributed by atoms with Gasteiger partial charge in [0, 0.05) is 7.05 Å². The quantitative estimate of drug-likeness (QED) is 0.580. The molecule has 3 nitrogen and oxygen atoms in total. The topological polar surface area (TPSA) is 29.5 Å². The van der Waals surface area contributed by atoms with Gasteiger partial charge in [0.1, 0.15) is 0 Å². The Bertz CT molecular complexity index is 419. The molecule has 1 aliphatic heterocycles. The lowest BCUT2D eigenvalue weighted by Crippen LogP contribution is -2.27. The number of anilines is 1. The average Bonchev–Trinajstić information content (AvgIpc) is 2.19. The molecule has 0 bridgehead atoms. The highest BCUT2D eigenvalue weighted by Crippen LogP contribution is 2.33. The van der Waals surface area contributed by atoms with Gasteiger partial charge in [0.15, 0.2) is 11.7 Å². The second kappa shape index (κ2) is 3.20. The van der Waals surface area contributed by atoms with Crippen LogP contribution >= 0.6 is 0 Å². The van der Waals surface area contributed by atoms with Crippen molar-refractivity contribution in [1.82, 2.24) is 0 Å². The average molecular weight is 189 g/mol. The van der Waals surface area contributed by atoms with E-state index in [2.05, 4.69) is 0 Å². The fourth-order valence-corrected chi connectivity index (χ4v) is 1.53. The fourth-order valence-electron chi connectivity index (χ4n) is 1.53. The molecule has 0 fully saturated rings. The molecule has 3 heteroatoms. The molecular weight excluding hydrogens is 178 g/mol. The molecule has 0 saturated carbocycles. The van der Waals surface area contributed by atoms with Gasteiger partial charge in [-0.2, -0.15) is 0 Å². The predicted octanol–water partition coefficient (Wildman–Crippen LogP) is 1.54. The zero-order valence-corrected chi connectivity index (χ0v) is 8.20. The third-order valence-electron chi connectivity index (χ3n) is 2.25. The van der Waals surface area contributed by atoms with Crippen LogP contribution in [-0.4, -0.2) is 19.5 Å². The summed E-state index contributed by atoms with van der Waals surface area (Å²) in [5.74, 6) is 2.85. The van der Waals surface area contributed by atoms with E-state index in [1.54, 1.807) is 5.94 Å². The van der Waals surface area contributed by atoms with Gasteiger partial charge in [-0.05, 0) is 24.6 Å². The maximum atomic E-state index is 10.5. The van der Waals surface area contributed by atoms with Crippen LogP contribution in [0.15, 0.2) is 24.0 Å². The third kappa shape index (κ3) is 1.38. The number of likely N-dealkylation sites (N-methyl/N-ethyl adjacent to an activating group) is 1. The van der Waals surface area contributed by atoms with Crippen molar-refractivity contribution in [3.05, 3.63) is 29.5 Å². The number of hydrogen-bond acceptors (Lipinski definition) is 3. The number of hydrogen-bond donors (Lipinski definition) is 0. The number of aryl methyl sites for hydroxylation is 1. The van der Waals surface area contributed by atoms with Gasteiger partial charge in [-0.15, -0.1) is 0 Å². The van der Waals surface area contributed by atoms with Crippen molar-refractivity contribution >= 4 is 11.6 Å². The maximum Gasteiger partial charge on any atom is 0.206 e. The molecule has 0 spiro atoms. The first-order valence-electron chi connectivity index (χ1n) is 4.44. The molecule has 0 aliphatic carbocycles. The van der Waals surface area contributed by atoms with Crippen LogP contribution in [0.25, 0.3) is 0 Å². The summed E-state index contributed by atoms with van der Waals surface area (Å²) < 4.78 is 5.36. The van der Waals surface area contributed by atoms with Crippen LogP contribution in [0.2, 0.25) is 0 Å². The molecule has 72 valence electrons. The van der Waals surface area contributed by atoms with Crippen LogP contribution in [0, 0.1) is 6.92 Å². The Hall–Kier alpha value is -1.73. The molecule has 14 heavy (non-hydrogen) atoms. The van der Waals surface area contributed by atoms with E-state index in [1.807, 2.05) is 37.1 Å². The second-order valence-corrected chi connectivity index (χ2v) is 3.45. The van der Waals surface area contributed by atoms with E-state index in [9.17, 15) is 4.79 Å². The van der Waals surface area contributed by atoms with E-state index in [0.29, 0.717) is 12.3 Å². The minimum absolute atomic E-state index is 0.337. The van der Waals surface area contributed by atoms with Crippen LogP contribution in [0.4, 0.5) is 5.69 Å². The van der Waals surface area contributed by atoms with Gasteiger partial charge >= 0.3 is 0 Å². The summed E-state index contributed by atoms with van der Waals surface area (Å²) in [6.45, 7) is 2.51. The van der Waals surface area contributed by atoms with E-state index in [-0.39, 0.29) is 0 Å². The highest BCUT2D eigenvalue weighted by atomic mass is 16.5. The van der Waals surface area contributed by atoms with Crippen LogP contribution < -0.4 is 9.64 Å². The lowest BCUT2D eigenvalue weighted by Gasteiger charge is -2.27. The summed E-state index contributed by atoms with van der Waals surface area (Å²) in [7, 11) is 1.93. The van der Waals surface area contributed by atoms with Crippen LogP contribution in [0.3, 0.4) is 0 Å². The maximum absolute atomic E-state index is 10.5. The number of nitrogens with zero attached hydrogens (tertiary/aromatic N) is 1. The summed E-state index contributed by atoms with van der Waals surface area (Å²) in [4.78, 5) is 12.4. The molecular formula is C11H11NO2. The zero-order chi connectivity index (χ0) is 10.1. The smallest absolute Gasteiger partial charge is 0.206 e. The summed E-state index contributed by atoms with van der Waals surface area (Å²) >= 11 is 0. The monoisotopic (exact) mass is 189 g/mol. The summed E-state index contributed by atoms with van der Waals surface area (Å²) in [6, 6.07) is 5.87. The van der Waals surface area contributed by atoms with E-state index in [1.165, 1.54) is 5.56 Å². The van der Waals surface area contributed by atoms with Crippen molar-refractivity contribution in [2.75, 3.05) is 18.5 Å². The van der Waals surface area contributed by atoms with Gasteiger partial charge in [0.05, 0.1) is 12.2 Å². The highest BCUT2D eigenvalue weighted by Gasteiger charge is 2.19. The molecule has 1 aliphatic rings. The van der Waals surface area contributed by atoms with Crippen LogP contribution in [0.1, 0.15) is 5.56 Å². The minimum atomic E-state index is 0.337. The molecule has 2 rings (SSSR count). The molecule has 0 atom stereocenters. The molecule has 1 aromatic rings. The lowest BCUT2D eigenvalue weighted by atomic mass is 10.1. The van der Waals surface area contributed by atoms with Gasteiger partial charge in [-0.1, -0.05) is 6.07 Å². The minimum Gasteiger partial charge on any atom is -0.446 e. The third-order valence-corrected chi connectivity index (χ3v) is 2.25. The Balaban J connectivity index is 2.50. The Labute approximate surface area is 82.6 Å². The van der Waals surface area contributed by atoms with E-state index < -0.39 is 0 Å². The molecule has 0 N–H and O–H groups in total. The van der Waals surface area contributed by atoms with Crippen molar-refractivity contribution in [1.29, 1.82) is 0 Å². The Morgan fingerprint density at radius 3 is 3.00 bits per heavy atom. The first-order valence-corrected chi connectivity index (χ1v) is 4.44. The standard InChI is InChI=1S/C11H11NO2/c1-8-3-4-11-10(5-8)12(2)6-9(7-13)14-11/h3-5H,6H2,1-2H3. The van der Waals surface area contributed by atoms with Crippen LogP contribution in [-0.2, 0) is 4.79 Å². The Morgan fingerprint density at radius 1 is 1.50 bits per heavy atom. The first kappa shape index (κ1) is 8.85. The van der Waals surface area contributed by atoms with Gasteiger partial charge in [0.2, 0.25) is 5.76 Å². The highest BCUT2D eigenvalue weighted by molar-refractivity contribution is 5.66. The normalized spacial score (nSPS) is 14.4. The van der Waals surface area contributed by atoms with Gasteiger partial charge in [0.25, 0.3) is 0 Å². The SMILES string of the molecule is Cc1ccc2c(c1)N(C)CC(=C=O)O2. The molecule has 0 radical (unpaired) electrons. The Kier molecular flexibility index (Phi) is 2.02. The van der Waals surface area contributed by atoms with Crippen molar-refractivity contribution in [3.63, 3.8) is 0 Å². The molecule has 0 amide bonds. The van der Waals surface area contributed by atoms with Gasteiger partial charge in [-0.3, -0.25) is 0 Å². The summed E-state index contributed by atoms with van der Waals surface area (Å²) in [5.41, 5.74) is 2.20. The predicted molar refractivity (Wildman–Crippen MR) is 54.3 cm³/mol. The number of carbonyl (C=O) groups excluding carboxylic acids is 1. The lowest BCUT2D eigenvalue weighted by molar-refractivity contribution is 0.400. The van der Waals surface area contributed by atoms with Crippen molar-refractivity contribution in [2.45, 2.75) is 6.92 Å². The van der Waals surface area contributed by atoms with E-state index in [0.717, 1.165) is 11.4 Å². The molecule has 1 aromatic carbocycles. The van der Waals surface area contributed by atoms with E-state index >= 15 is 0 Å². The molecule has 0 saturated heterocycles. The fraction of sp³-hybridized carbons (Fsp3) is 0.273. The van der Waals surface area contributed by atoms with E-state index in [4.69, 9.17) is 4.74 Å².